The summed E-state index contributed by atoms with van der Waals surface area (Å²) in [5, 5.41) is 0. The number of rotatable bonds is 2. The molecule has 0 bridgehead atoms. The molecule has 0 aromatic heterocycles. The van der Waals surface area contributed by atoms with Gasteiger partial charge in [0, 0.05) is 28.8 Å². The van der Waals surface area contributed by atoms with Crippen molar-refractivity contribution in [2.75, 3.05) is 13.7 Å². The molecule has 0 spiro atoms. The van der Waals surface area contributed by atoms with Crippen molar-refractivity contribution in [1.82, 2.24) is 0 Å². The van der Waals surface area contributed by atoms with E-state index >= 15 is 0 Å². The molecular formula is C3H10BaO2SrTi. The first-order valence-corrected chi connectivity index (χ1v) is 1.34. The Labute approximate surface area is 148 Å². The minimum Gasteiger partial charge on any atom is -1.00 e. The van der Waals surface area contributed by atoms with E-state index in [1.54, 1.807) is 0 Å². The van der Waals surface area contributed by atoms with Crippen molar-refractivity contribution < 1.29 is 37.0 Å². The van der Waals surface area contributed by atoms with Crippen LogP contribution >= 0.6 is 0 Å². The van der Waals surface area contributed by atoms with Crippen LogP contribution in [0.1, 0.15) is 5.71 Å². The van der Waals surface area contributed by atoms with E-state index in [1.807, 2.05) is 0 Å². The molecule has 8 heavy (non-hydrogen) atoms. The summed E-state index contributed by atoms with van der Waals surface area (Å²) in [4.78, 5) is 9.28. The van der Waals surface area contributed by atoms with Crippen molar-refractivity contribution in [3.8, 4) is 0 Å². The molecule has 0 aliphatic heterocycles. The predicted molar refractivity (Wildman–Crippen MR) is 33.9 cm³/mol. The van der Waals surface area contributed by atoms with E-state index in [-0.39, 0.29) is 128 Å². The van der Waals surface area contributed by atoms with Gasteiger partial charge in [0.05, 0.1) is 0 Å². The smallest absolute Gasteiger partial charge is 1.00 e. The number of carbonyl (C=O) groups excluding carboxylic acids is 1. The Hall–Kier alpha value is 3.40. The first-order chi connectivity index (χ1) is 2.41. The molecule has 0 atom stereocenters. The van der Waals surface area contributed by atoms with Gasteiger partial charge in [-0.05, 0) is 0 Å². The Morgan fingerprint density at radius 2 is 2.12 bits per heavy atom. The van der Waals surface area contributed by atoms with Crippen LogP contribution in [-0.2, 0) is 31.2 Å². The Morgan fingerprint density at radius 3 is 2.12 bits per heavy atom. The molecule has 0 saturated carbocycles. The molecule has 5 heteroatoms. The topological polar surface area (TPSA) is 26.3 Å². The van der Waals surface area contributed by atoms with E-state index in [2.05, 4.69) is 4.74 Å². The fraction of sp³-hybridized carbons (Fsp3) is 0.667. The van der Waals surface area contributed by atoms with Crippen molar-refractivity contribution >= 4 is 101 Å². The van der Waals surface area contributed by atoms with Gasteiger partial charge in [0.15, 0.2) is 0 Å². The first kappa shape index (κ1) is 22.5. The summed E-state index contributed by atoms with van der Waals surface area (Å²) in [6.45, 7) is 0.208. The minimum atomic E-state index is 0. The zero-order chi connectivity index (χ0) is 4.12. The Kier molecular flexibility index (Phi) is 63.1. The molecule has 2 nitrogen and oxygen atoms in total. The number of carbonyl (C=O) groups is 1. The fourth-order valence-electron chi connectivity index (χ4n) is 0.0680. The van der Waals surface area contributed by atoms with E-state index < -0.39 is 0 Å². The van der Waals surface area contributed by atoms with Crippen LogP contribution in [-0.4, -0.2) is 114 Å². The third-order valence-corrected chi connectivity index (χ3v) is 0.235. The number of aldehydes is 1. The van der Waals surface area contributed by atoms with Gasteiger partial charge in [-0.25, -0.2) is 0 Å². The summed E-state index contributed by atoms with van der Waals surface area (Å²) in [6, 6.07) is 0. The van der Waals surface area contributed by atoms with Crippen LogP contribution in [0, 0.1) is 0 Å². The van der Waals surface area contributed by atoms with Gasteiger partial charge in [0.1, 0.15) is 12.9 Å². The zero-order valence-electron chi connectivity index (χ0n) is 9.02. The molecule has 0 unspecified atom stereocenters. The number of hydrogen-bond acceptors (Lipinski definition) is 2. The molecule has 0 aromatic rings. The second-order valence-electron chi connectivity index (χ2n) is 0.622. The van der Waals surface area contributed by atoms with Crippen molar-refractivity contribution in [3.05, 3.63) is 0 Å². The van der Waals surface area contributed by atoms with Gasteiger partial charge in [-0.15, -0.1) is 0 Å². The Morgan fingerprint density at radius 1 is 1.75 bits per heavy atom. The van der Waals surface area contributed by atoms with Crippen LogP contribution in [0.15, 0.2) is 0 Å². The largest absolute Gasteiger partial charge is 2.00 e. The molecule has 0 N–H and O–H groups in total. The van der Waals surface area contributed by atoms with Gasteiger partial charge in [-0.1, -0.05) is 0 Å². The molecule has 0 saturated heterocycles. The van der Waals surface area contributed by atoms with Crippen LogP contribution in [0.4, 0.5) is 0 Å². The third kappa shape index (κ3) is 22.7. The molecule has 0 fully saturated rings. The SMILES string of the molecule is COCC=O.[Ba+2].[H-].[H-].[H-].[H-].[Sr+2].[Ti]. The number of ether oxygens (including phenoxy) is 1. The standard InChI is InChI=1S/C3H6O2.Ba.Sr.Ti.4H/c1-5-3-2-4;;;;;;;/h2H,3H2,1H3;;;;;;;/q;2*+2;;4*-1. The minimum absolute atomic E-state index is 0. The van der Waals surface area contributed by atoms with Gasteiger partial charge in [0.2, 0.25) is 0 Å². The molecule has 0 aliphatic rings. The second kappa shape index (κ2) is 22.4. The van der Waals surface area contributed by atoms with Crippen LogP contribution in [0.2, 0.25) is 0 Å². The Balaban J connectivity index is -0.00000000381. The fourth-order valence-corrected chi connectivity index (χ4v) is 0.0680. The second-order valence-corrected chi connectivity index (χ2v) is 0.622. The summed E-state index contributed by atoms with van der Waals surface area (Å²) >= 11 is 0. The first-order valence-electron chi connectivity index (χ1n) is 1.34. The molecule has 0 radical (unpaired) electrons. The van der Waals surface area contributed by atoms with Crippen LogP contribution < -0.4 is 0 Å². The summed E-state index contributed by atoms with van der Waals surface area (Å²) in [5.41, 5.74) is 0. The van der Waals surface area contributed by atoms with E-state index in [4.69, 9.17) is 0 Å². The predicted octanol–water partition coefficient (Wildman–Crippen LogP) is -0.482. The van der Waals surface area contributed by atoms with E-state index in [1.165, 1.54) is 7.11 Å². The van der Waals surface area contributed by atoms with Gasteiger partial charge in [-0.3, -0.25) is 0 Å². The molecular weight excluding hydrogens is 341 g/mol. The van der Waals surface area contributed by atoms with Gasteiger partial charge in [-0.2, -0.15) is 0 Å². The molecule has 0 amide bonds. The maximum Gasteiger partial charge on any atom is 2.00 e. The average molecular weight is 351 g/mol. The van der Waals surface area contributed by atoms with Gasteiger partial charge < -0.3 is 15.2 Å². The molecule has 0 aliphatic carbocycles. The van der Waals surface area contributed by atoms with Gasteiger partial charge in [0.25, 0.3) is 0 Å². The maximum atomic E-state index is 9.28. The summed E-state index contributed by atoms with van der Waals surface area (Å²) < 4.78 is 4.32. The van der Waals surface area contributed by atoms with Crippen LogP contribution in [0.25, 0.3) is 0 Å². The summed E-state index contributed by atoms with van der Waals surface area (Å²) in [6.07, 6.45) is 0.708. The normalized spacial score (nSPS) is 4.62. The van der Waals surface area contributed by atoms with Crippen molar-refractivity contribution in [3.63, 3.8) is 0 Å². The van der Waals surface area contributed by atoms with Crippen molar-refractivity contribution in [2.24, 2.45) is 0 Å². The Bertz CT molecular complexity index is 49.5. The van der Waals surface area contributed by atoms with E-state index in [0.717, 1.165) is 0 Å². The van der Waals surface area contributed by atoms with Crippen molar-refractivity contribution in [2.45, 2.75) is 0 Å². The maximum absolute atomic E-state index is 9.28. The van der Waals surface area contributed by atoms with Crippen LogP contribution in [0.3, 0.4) is 0 Å². The van der Waals surface area contributed by atoms with E-state index in [9.17, 15) is 4.79 Å². The molecule has 0 rings (SSSR count). The quantitative estimate of drug-likeness (QED) is 0.496. The van der Waals surface area contributed by atoms with Crippen LogP contribution in [0.5, 0.6) is 0 Å². The molecule has 42 valence electrons. The number of methoxy groups -OCH3 is 1. The summed E-state index contributed by atoms with van der Waals surface area (Å²) in [5.74, 6) is 0. The zero-order valence-corrected chi connectivity index (χ0v) is 14.5. The summed E-state index contributed by atoms with van der Waals surface area (Å²) in [7, 11) is 1.48. The van der Waals surface area contributed by atoms with Crippen molar-refractivity contribution in [1.29, 1.82) is 0 Å². The third-order valence-electron chi connectivity index (χ3n) is 0.235. The van der Waals surface area contributed by atoms with E-state index in [0.29, 0.717) is 6.29 Å². The average Bonchev–Trinajstić information content (AvgIpc) is 1.41. The molecule has 0 heterocycles. The molecule has 0 aromatic carbocycles. The monoisotopic (exact) mass is 352 g/mol. The number of hydrogen-bond donors (Lipinski definition) is 0. The van der Waals surface area contributed by atoms with Gasteiger partial charge >= 0.3 is 94.4 Å².